The van der Waals surface area contributed by atoms with Gasteiger partial charge in [0.2, 0.25) is 0 Å². The molecule has 0 amide bonds. The summed E-state index contributed by atoms with van der Waals surface area (Å²) in [7, 11) is 0. The van der Waals surface area contributed by atoms with E-state index in [1.165, 1.54) is 12.8 Å². The Morgan fingerprint density at radius 1 is 1.29 bits per heavy atom. The summed E-state index contributed by atoms with van der Waals surface area (Å²) in [6.45, 7) is 13.4. The zero-order valence-electron chi connectivity index (χ0n) is 18.9. The van der Waals surface area contributed by atoms with Crippen LogP contribution < -0.4 is 5.73 Å². The lowest BCUT2D eigenvalue weighted by Gasteiger charge is -2.05. The number of nitrogen functional groups attached to an aromatic ring is 1. The van der Waals surface area contributed by atoms with E-state index in [1.807, 2.05) is 51.0 Å². The smallest absolute Gasteiger partial charge is 0.141 e. The molecule has 8 heteroatoms. The van der Waals surface area contributed by atoms with Crippen LogP contribution in [0.15, 0.2) is 40.7 Å². The number of imidazole rings is 1. The molecule has 31 heavy (non-hydrogen) atoms. The lowest BCUT2D eigenvalue weighted by Crippen LogP contribution is -1.91. The Labute approximate surface area is 197 Å². The Balaban J connectivity index is 0.000000630. The molecule has 4 aromatic heterocycles. The summed E-state index contributed by atoms with van der Waals surface area (Å²) in [6.07, 6.45) is 7.78. The highest BCUT2D eigenvalue weighted by Gasteiger charge is 2.19. The van der Waals surface area contributed by atoms with Crippen molar-refractivity contribution in [3.05, 3.63) is 42.3 Å². The molecule has 0 atom stereocenters. The van der Waals surface area contributed by atoms with Gasteiger partial charge in [0.15, 0.2) is 0 Å². The largest absolute Gasteiger partial charge is 0.397 e. The maximum atomic E-state index is 6.54. The fourth-order valence-corrected chi connectivity index (χ4v) is 5.80. The first-order valence-corrected chi connectivity index (χ1v) is 13.1. The first-order valence-electron chi connectivity index (χ1n) is 10.4. The third kappa shape index (κ3) is 6.18. The van der Waals surface area contributed by atoms with Gasteiger partial charge in [-0.2, -0.15) is 0 Å². The number of hydrogen-bond acceptors (Lipinski definition) is 7. The van der Waals surface area contributed by atoms with E-state index in [2.05, 4.69) is 34.5 Å². The van der Waals surface area contributed by atoms with Crippen molar-refractivity contribution < 1.29 is 0 Å². The van der Waals surface area contributed by atoms with E-state index in [0.29, 0.717) is 0 Å². The third-order valence-electron chi connectivity index (χ3n) is 4.04. The van der Waals surface area contributed by atoms with Crippen LogP contribution in [0.4, 0.5) is 5.69 Å². The van der Waals surface area contributed by atoms with Crippen LogP contribution >= 0.6 is 34.4 Å². The van der Waals surface area contributed by atoms with Gasteiger partial charge in [-0.1, -0.05) is 33.3 Å². The van der Waals surface area contributed by atoms with E-state index in [4.69, 9.17) is 10.7 Å². The minimum Gasteiger partial charge on any atom is -0.397 e. The number of aromatic nitrogens is 4. The Morgan fingerprint density at radius 2 is 2.03 bits per heavy atom. The number of fused-ring (bicyclic) bond motifs is 1. The fourth-order valence-electron chi connectivity index (χ4n) is 2.75. The molecule has 4 aromatic rings. The van der Waals surface area contributed by atoms with Gasteiger partial charge in [0.1, 0.15) is 21.4 Å². The molecule has 0 fully saturated rings. The predicted molar refractivity (Wildman–Crippen MR) is 140 cm³/mol. The van der Waals surface area contributed by atoms with Gasteiger partial charge in [-0.05, 0) is 32.1 Å². The SMILES string of the molecule is C=CC.CC.CCCCSc1sc2nc(-c3nccs3)cc(-c3cnc(C)[nH]3)c2c1N. The summed E-state index contributed by atoms with van der Waals surface area (Å²) in [5.74, 6) is 1.96. The lowest BCUT2D eigenvalue weighted by molar-refractivity contribution is 0.897. The van der Waals surface area contributed by atoms with Crippen molar-refractivity contribution in [3.63, 3.8) is 0 Å². The minimum absolute atomic E-state index is 0.826. The molecule has 0 aliphatic carbocycles. The van der Waals surface area contributed by atoms with Crippen LogP contribution in [0.25, 0.3) is 32.2 Å². The first kappa shape index (κ1) is 25.1. The number of thiophene rings is 1. The van der Waals surface area contributed by atoms with Gasteiger partial charge in [-0.15, -0.1) is 41.0 Å². The van der Waals surface area contributed by atoms with Crippen molar-refractivity contribution in [2.45, 2.75) is 51.7 Å². The summed E-state index contributed by atoms with van der Waals surface area (Å²) in [5.41, 5.74) is 10.2. The molecule has 0 unspecified atom stereocenters. The van der Waals surface area contributed by atoms with E-state index in [9.17, 15) is 0 Å². The number of unbranched alkanes of at least 4 members (excludes halogenated alkanes) is 1. The molecule has 0 spiro atoms. The molecule has 0 aliphatic heterocycles. The van der Waals surface area contributed by atoms with E-state index < -0.39 is 0 Å². The molecule has 0 aliphatic rings. The number of thiazole rings is 1. The van der Waals surface area contributed by atoms with E-state index >= 15 is 0 Å². The third-order valence-corrected chi connectivity index (χ3v) is 7.31. The van der Waals surface area contributed by atoms with Crippen molar-refractivity contribution in [1.82, 2.24) is 19.9 Å². The predicted octanol–water partition coefficient (Wildman–Crippen LogP) is 7.81. The van der Waals surface area contributed by atoms with E-state index in [-0.39, 0.29) is 0 Å². The zero-order valence-corrected chi connectivity index (χ0v) is 21.3. The number of thioether (sulfide) groups is 1. The molecule has 5 nitrogen and oxygen atoms in total. The molecule has 0 saturated carbocycles. The summed E-state index contributed by atoms with van der Waals surface area (Å²) in [6, 6.07) is 2.07. The lowest BCUT2D eigenvalue weighted by atomic mass is 10.1. The highest BCUT2D eigenvalue weighted by atomic mass is 32.2. The zero-order chi connectivity index (χ0) is 22.8. The minimum atomic E-state index is 0.826. The second-order valence-electron chi connectivity index (χ2n) is 6.37. The molecular weight excluding hydrogens is 442 g/mol. The molecule has 4 heterocycles. The standard InChI is InChI=1S/C18H19N5S3.C3H6.C2H6/c1-3-4-6-25-18-15(19)14-11(13-9-21-10(2)22-13)8-12(23-17(14)26-18)16-20-5-7-24-16;1-3-2;1-2/h5,7-9H,3-4,6,19H2,1-2H3,(H,21,22);3H,1H2,2H3;1-2H3. The number of hydrogen-bond donors (Lipinski definition) is 2. The summed E-state index contributed by atoms with van der Waals surface area (Å²) < 4.78 is 1.15. The summed E-state index contributed by atoms with van der Waals surface area (Å²) in [5, 5.41) is 3.89. The number of anilines is 1. The number of aryl methyl sites for hydroxylation is 1. The maximum Gasteiger partial charge on any atom is 0.141 e. The highest BCUT2D eigenvalue weighted by molar-refractivity contribution is 8.01. The number of rotatable bonds is 6. The Bertz CT molecular complexity index is 1080. The van der Waals surface area contributed by atoms with Crippen LogP contribution in [0.1, 0.15) is 46.4 Å². The van der Waals surface area contributed by atoms with Crippen molar-refractivity contribution in [1.29, 1.82) is 0 Å². The van der Waals surface area contributed by atoms with Gasteiger partial charge < -0.3 is 10.7 Å². The van der Waals surface area contributed by atoms with Crippen LogP contribution in [0.2, 0.25) is 0 Å². The molecule has 0 radical (unpaired) electrons. The van der Waals surface area contributed by atoms with Gasteiger partial charge in [-0.3, -0.25) is 0 Å². The number of nitrogens with two attached hydrogens (primary N) is 1. The monoisotopic (exact) mass is 473 g/mol. The number of nitrogens with one attached hydrogen (secondary N) is 1. The average Bonchev–Trinajstić information content (AvgIpc) is 3.51. The molecule has 0 aromatic carbocycles. The van der Waals surface area contributed by atoms with Crippen LogP contribution in [0, 0.1) is 6.92 Å². The quantitative estimate of drug-likeness (QED) is 0.169. The molecule has 0 bridgehead atoms. The van der Waals surface area contributed by atoms with Gasteiger partial charge in [-0.25, -0.2) is 15.0 Å². The van der Waals surface area contributed by atoms with Gasteiger partial charge in [0, 0.05) is 22.5 Å². The first-order chi connectivity index (χ1) is 15.1. The van der Waals surface area contributed by atoms with Crippen LogP contribution in [0.3, 0.4) is 0 Å². The molecule has 0 saturated heterocycles. The molecular formula is C23H31N5S3. The van der Waals surface area contributed by atoms with E-state index in [1.54, 1.807) is 34.9 Å². The summed E-state index contributed by atoms with van der Waals surface area (Å²) in [4.78, 5) is 17.9. The van der Waals surface area contributed by atoms with Crippen LogP contribution in [-0.2, 0) is 0 Å². The molecule has 3 N–H and O–H groups in total. The van der Waals surface area contributed by atoms with E-state index in [0.717, 1.165) is 53.6 Å². The van der Waals surface area contributed by atoms with Gasteiger partial charge in [0.25, 0.3) is 0 Å². The number of pyridine rings is 1. The number of nitrogens with zero attached hydrogens (tertiary/aromatic N) is 3. The number of H-pyrrole nitrogens is 1. The topological polar surface area (TPSA) is 80.5 Å². The van der Waals surface area contributed by atoms with Gasteiger partial charge >= 0.3 is 0 Å². The van der Waals surface area contributed by atoms with Crippen molar-refractivity contribution in [2.24, 2.45) is 0 Å². The van der Waals surface area contributed by atoms with Crippen LogP contribution in [-0.4, -0.2) is 25.7 Å². The normalized spacial score (nSPS) is 10.2. The maximum absolute atomic E-state index is 6.54. The second-order valence-corrected chi connectivity index (χ2v) is 9.63. The Morgan fingerprint density at radius 3 is 2.61 bits per heavy atom. The second kappa shape index (κ2) is 12.6. The average molecular weight is 474 g/mol. The Kier molecular flexibility index (Phi) is 10.2. The number of aromatic amines is 1. The number of allylic oxidation sites excluding steroid dienone is 1. The van der Waals surface area contributed by atoms with Gasteiger partial charge in [0.05, 0.1) is 21.8 Å². The van der Waals surface area contributed by atoms with Crippen molar-refractivity contribution in [3.8, 4) is 22.0 Å². The molecule has 166 valence electrons. The highest BCUT2D eigenvalue weighted by Crippen LogP contribution is 2.45. The Hall–Kier alpha value is -2.16. The van der Waals surface area contributed by atoms with Crippen molar-refractivity contribution >= 4 is 50.3 Å². The van der Waals surface area contributed by atoms with Crippen LogP contribution in [0.5, 0.6) is 0 Å². The fraction of sp³-hybridized carbons (Fsp3) is 0.348. The molecule has 4 rings (SSSR count). The summed E-state index contributed by atoms with van der Waals surface area (Å²) >= 11 is 5.09. The van der Waals surface area contributed by atoms with Crippen molar-refractivity contribution in [2.75, 3.05) is 11.5 Å².